The molecule has 0 atom stereocenters. The second-order valence-corrected chi connectivity index (χ2v) is 3.11. The third kappa shape index (κ3) is 1.32. The van der Waals surface area contributed by atoms with Crippen LogP contribution in [0.1, 0.15) is 5.56 Å². The first-order valence-corrected chi connectivity index (χ1v) is 4.24. The van der Waals surface area contributed by atoms with Gasteiger partial charge in [-0.05, 0) is 17.7 Å². The molecule has 0 aliphatic rings. The summed E-state index contributed by atoms with van der Waals surface area (Å²) in [5, 5.41) is 0. The zero-order chi connectivity index (χ0) is 10.1. The lowest BCUT2D eigenvalue weighted by Crippen LogP contribution is -2.20. The summed E-state index contributed by atoms with van der Waals surface area (Å²) in [7, 11) is 1.67. The van der Waals surface area contributed by atoms with E-state index in [-0.39, 0.29) is 5.76 Å². The third-order valence-corrected chi connectivity index (χ3v) is 2.16. The molecule has 0 radical (unpaired) electrons. The number of nitrogens with one attached hydrogen (secondary N) is 1. The molecule has 1 aromatic heterocycles. The summed E-state index contributed by atoms with van der Waals surface area (Å²) < 4.78 is 6.46. The summed E-state index contributed by atoms with van der Waals surface area (Å²) in [4.78, 5) is 11.2. The topological polar surface area (TPSA) is 73.2 Å². The Hall–Kier alpha value is -1.59. The number of hydrogen-bond acceptors (Lipinski definition) is 4. The van der Waals surface area contributed by atoms with Gasteiger partial charge in [-0.25, -0.2) is 4.79 Å². The van der Waals surface area contributed by atoms with Crippen LogP contribution in [0.5, 0.6) is 0 Å². The van der Waals surface area contributed by atoms with Crippen molar-refractivity contribution >= 4 is 11.1 Å². The summed E-state index contributed by atoms with van der Waals surface area (Å²) >= 11 is 0. The van der Waals surface area contributed by atoms with Gasteiger partial charge in [0.15, 0.2) is 5.58 Å². The fourth-order valence-electron chi connectivity index (χ4n) is 1.40. The molecule has 1 heterocycles. The highest BCUT2D eigenvalue weighted by Gasteiger charge is 2.05. The van der Waals surface area contributed by atoms with Crippen LogP contribution < -0.4 is 17.0 Å². The SMILES string of the molecule is Cn1c(=O)oc2ccc(CNN)cc21. The molecule has 0 saturated heterocycles. The summed E-state index contributed by atoms with van der Waals surface area (Å²) in [5.74, 6) is 4.86. The van der Waals surface area contributed by atoms with Crippen molar-refractivity contribution in [3.63, 3.8) is 0 Å². The van der Waals surface area contributed by atoms with Crippen LogP contribution in [0.25, 0.3) is 11.1 Å². The van der Waals surface area contributed by atoms with Crippen LogP contribution >= 0.6 is 0 Å². The van der Waals surface area contributed by atoms with E-state index in [9.17, 15) is 4.79 Å². The quantitative estimate of drug-likeness (QED) is 0.524. The van der Waals surface area contributed by atoms with E-state index in [0.29, 0.717) is 12.1 Å². The molecule has 0 fully saturated rings. The van der Waals surface area contributed by atoms with Gasteiger partial charge >= 0.3 is 5.76 Å². The van der Waals surface area contributed by atoms with Crippen molar-refractivity contribution < 1.29 is 4.42 Å². The smallest absolute Gasteiger partial charge is 0.408 e. The van der Waals surface area contributed by atoms with Gasteiger partial charge in [-0.15, -0.1) is 0 Å². The third-order valence-electron chi connectivity index (χ3n) is 2.16. The molecule has 0 aliphatic heterocycles. The van der Waals surface area contributed by atoms with E-state index in [4.69, 9.17) is 10.3 Å². The Morgan fingerprint density at radius 2 is 2.36 bits per heavy atom. The summed E-state index contributed by atoms with van der Waals surface area (Å²) in [6, 6.07) is 5.51. The van der Waals surface area contributed by atoms with Gasteiger partial charge in [0.2, 0.25) is 0 Å². The second kappa shape index (κ2) is 3.28. The van der Waals surface area contributed by atoms with Gasteiger partial charge in [0.25, 0.3) is 0 Å². The lowest BCUT2D eigenvalue weighted by Gasteiger charge is -1.99. The lowest BCUT2D eigenvalue weighted by molar-refractivity contribution is 0.528. The minimum absolute atomic E-state index is 0.349. The Kier molecular flexibility index (Phi) is 2.11. The van der Waals surface area contributed by atoms with Gasteiger partial charge in [0, 0.05) is 13.6 Å². The lowest BCUT2D eigenvalue weighted by atomic mass is 10.2. The Morgan fingerprint density at radius 1 is 1.57 bits per heavy atom. The molecule has 74 valence electrons. The van der Waals surface area contributed by atoms with Crippen LogP contribution in [0.2, 0.25) is 0 Å². The molecule has 0 unspecified atom stereocenters. The molecule has 5 heteroatoms. The monoisotopic (exact) mass is 193 g/mol. The molecular formula is C9H11N3O2. The van der Waals surface area contributed by atoms with Crippen molar-refractivity contribution in [3.05, 3.63) is 34.3 Å². The van der Waals surface area contributed by atoms with Crippen LogP contribution in [-0.4, -0.2) is 4.57 Å². The summed E-state index contributed by atoms with van der Waals surface area (Å²) in [5.41, 5.74) is 4.94. The largest absolute Gasteiger partial charge is 0.419 e. The van der Waals surface area contributed by atoms with Gasteiger partial charge in [-0.3, -0.25) is 15.8 Å². The number of rotatable bonds is 2. The van der Waals surface area contributed by atoms with Gasteiger partial charge in [0.05, 0.1) is 5.52 Å². The molecule has 1 aromatic carbocycles. The zero-order valence-electron chi connectivity index (χ0n) is 7.78. The number of aromatic nitrogens is 1. The second-order valence-electron chi connectivity index (χ2n) is 3.11. The number of nitrogens with two attached hydrogens (primary N) is 1. The van der Waals surface area contributed by atoms with Crippen molar-refractivity contribution in [2.75, 3.05) is 0 Å². The molecule has 2 rings (SSSR count). The highest BCUT2D eigenvalue weighted by Crippen LogP contribution is 2.13. The molecule has 3 N–H and O–H groups in total. The molecule has 0 amide bonds. The van der Waals surface area contributed by atoms with E-state index in [0.717, 1.165) is 11.1 Å². The maximum Gasteiger partial charge on any atom is 0.419 e. The average Bonchev–Trinajstić information content (AvgIpc) is 2.45. The minimum atomic E-state index is -0.349. The van der Waals surface area contributed by atoms with E-state index in [1.165, 1.54) is 4.57 Å². The van der Waals surface area contributed by atoms with E-state index >= 15 is 0 Å². The summed E-state index contributed by atoms with van der Waals surface area (Å²) in [6.45, 7) is 0.565. The van der Waals surface area contributed by atoms with E-state index < -0.39 is 0 Å². The first-order valence-electron chi connectivity index (χ1n) is 4.24. The Balaban J connectivity index is 2.63. The summed E-state index contributed by atoms with van der Waals surface area (Å²) in [6.07, 6.45) is 0. The number of oxazole rings is 1. The maximum absolute atomic E-state index is 11.2. The fraction of sp³-hybridized carbons (Fsp3) is 0.222. The average molecular weight is 193 g/mol. The highest BCUT2D eigenvalue weighted by atomic mass is 16.4. The van der Waals surface area contributed by atoms with Gasteiger partial charge in [0.1, 0.15) is 0 Å². The van der Waals surface area contributed by atoms with Crippen molar-refractivity contribution in [3.8, 4) is 0 Å². The highest BCUT2D eigenvalue weighted by molar-refractivity contribution is 5.73. The predicted molar refractivity (Wildman–Crippen MR) is 52.5 cm³/mol. The molecule has 0 spiro atoms. The maximum atomic E-state index is 11.2. The normalized spacial score (nSPS) is 11.0. The van der Waals surface area contributed by atoms with Crippen molar-refractivity contribution in [2.24, 2.45) is 12.9 Å². The zero-order valence-corrected chi connectivity index (χ0v) is 7.78. The van der Waals surface area contributed by atoms with Crippen LogP contribution in [0.15, 0.2) is 27.4 Å². The molecule has 14 heavy (non-hydrogen) atoms. The van der Waals surface area contributed by atoms with Crippen molar-refractivity contribution in [1.82, 2.24) is 9.99 Å². The Labute approximate surface area is 80.1 Å². The Morgan fingerprint density at radius 3 is 3.07 bits per heavy atom. The van der Waals surface area contributed by atoms with Crippen LogP contribution in [0.3, 0.4) is 0 Å². The fourth-order valence-corrected chi connectivity index (χ4v) is 1.40. The van der Waals surface area contributed by atoms with E-state index in [1.807, 2.05) is 12.1 Å². The Bertz CT molecular complexity index is 512. The van der Waals surface area contributed by atoms with Crippen LogP contribution in [0, 0.1) is 0 Å². The predicted octanol–water partition coefficient (Wildman–Crippen LogP) is 0.0948. The van der Waals surface area contributed by atoms with Gasteiger partial charge < -0.3 is 4.42 Å². The van der Waals surface area contributed by atoms with Crippen molar-refractivity contribution in [1.29, 1.82) is 0 Å². The number of nitrogens with zero attached hydrogens (tertiary/aromatic N) is 1. The standard InChI is InChI=1S/C9H11N3O2/c1-12-7-4-6(5-11-10)2-3-8(7)14-9(12)13/h2-4,11H,5,10H2,1H3. The number of benzene rings is 1. The van der Waals surface area contributed by atoms with Crippen LogP contribution in [0.4, 0.5) is 0 Å². The number of fused-ring (bicyclic) bond motifs is 1. The molecule has 5 nitrogen and oxygen atoms in total. The van der Waals surface area contributed by atoms with E-state index in [1.54, 1.807) is 13.1 Å². The minimum Gasteiger partial charge on any atom is -0.408 e. The van der Waals surface area contributed by atoms with E-state index in [2.05, 4.69) is 5.43 Å². The molecular weight excluding hydrogens is 182 g/mol. The molecule has 0 aliphatic carbocycles. The molecule has 2 aromatic rings. The molecule has 0 bridgehead atoms. The first kappa shape index (κ1) is 8.98. The number of hydrazine groups is 1. The van der Waals surface area contributed by atoms with Crippen molar-refractivity contribution in [2.45, 2.75) is 6.54 Å². The number of aryl methyl sites for hydroxylation is 1. The van der Waals surface area contributed by atoms with Gasteiger partial charge in [-0.1, -0.05) is 6.07 Å². The molecule has 0 saturated carbocycles. The van der Waals surface area contributed by atoms with Gasteiger partial charge in [-0.2, -0.15) is 0 Å². The first-order chi connectivity index (χ1) is 6.72. The van der Waals surface area contributed by atoms with Crippen LogP contribution in [-0.2, 0) is 13.6 Å². The number of hydrogen-bond donors (Lipinski definition) is 2.